The van der Waals surface area contributed by atoms with Gasteiger partial charge in [-0.25, -0.2) is 17.5 Å². The Morgan fingerprint density at radius 3 is 2.54 bits per heavy atom. The minimum atomic E-state index is -3.79. The molecule has 0 radical (unpaired) electrons. The molecule has 2 amide bonds. The largest absolute Gasteiger partial charge is 0.336 e. The first-order valence-corrected chi connectivity index (χ1v) is 10.1. The molecule has 2 aromatic carbocycles. The maximum absolute atomic E-state index is 13.1. The van der Waals surface area contributed by atoms with Crippen LogP contribution in [0.4, 0.5) is 10.1 Å². The minimum absolute atomic E-state index is 0.00438. The molecule has 0 heterocycles. The molecule has 150 valence electrons. The van der Waals surface area contributed by atoms with E-state index in [1.54, 1.807) is 6.07 Å². The number of amides is 2. The molecule has 2 rings (SSSR count). The highest BCUT2D eigenvalue weighted by atomic mass is 35.5. The number of benzene rings is 2. The highest BCUT2D eigenvalue weighted by Crippen LogP contribution is 2.15. The molecule has 0 spiro atoms. The lowest BCUT2D eigenvalue weighted by Gasteiger charge is -2.17. The normalized spacial score (nSPS) is 11.1. The highest BCUT2D eigenvalue weighted by Gasteiger charge is 2.17. The minimum Gasteiger partial charge on any atom is -0.336 e. The Kier molecular flexibility index (Phi) is 7.50. The van der Waals surface area contributed by atoms with Crippen LogP contribution >= 0.6 is 11.6 Å². The first kappa shape index (κ1) is 21.8. The molecule has 0 aliphatic rings. The van der Waals surface area contributed by atoms with E-state index in [1.807, 2.05) is 0 Å². The second-order valence-electron chi connectivity index (χ2n) is 5.91. The number of hydrogen-bond donors (Lipinski definition) is 2. The van der Waals surface area contributed by atoms with Crippen molar-refractivity contribution in [3.8, 4) is 0 Å². The average molecular weight is 428 g/mol. The van der Waals surface area contributed by atoms with Crippen LogP contribution in [0.2, 0.25) is 5.02 Å². The molecule has 0 aliphatic heterocycles. The SMILES string of the molecule is CN(CC(=O)Nc1cccc(F)c1)C(=O)CCNS(=O)(=O)c1cccc(Cl)c1. The molecule has 0 aliphatic carbocycles. The first-order valence-electron chi connectivity index (χ1n) is 8.22. The van der Waals surface area contributed by atoms with E-state index in [-0.39, 0.29) is 35.1 Å². The number of carbonyl (C=O) groups is 2. The molecule has 0 aromatic heterocycles. The topological polar surface area (TPSA) is 95.6 Å². The molecule has 0 fully saturated rings. The summed E-state index contributed by atoms with van der Waals surface area (Å²) in [7, 11) is -2.38. The van der Waals surface area contributed by atoms with E-state index in [4.69, 9.17) is 11.6 Å². The molecule has 2 aromatic rings. The quantitative estimate of drug-likeness (QED) is 0.675. The molecular formula is C18H19ClFN3O4S. The van der Waals surface area contributed by atoms with Crippen molar-refractivity contribution in [1.82, 2.24) is 9.62 Å². The van der Waals surface area contributed by atoms with E-state index in [0.717, 1.165) is 11.0 Å². The molecule has 10 heteroatoms. The lowest BCUT2D eigenvalue weighted by atomic mass is 10.3. The van der Waals surface area contributed by atoms with Gasteiger partial charge in [0.25, 0.3) is 0 Å². The Balaban J connectivity index is 1.81. The van der Waals surface area contributed by atoms with Gasteiger partial charge < -0.3 is 10.2 Å². The van der Waals surface area contributed by atoms with Crippen LogP contribution in [0.1, 0.15) is 6.42 Å². The van der Waals surface area contributed by atoms with Crippen LogP contribution in [0.15, 0.2) is 53.4 Å². The van der Waals surface area contributed by atoms with Crippen LogP contribution in [-0.2, 0) is 19.6 Å². The summed E-state index contributed by atoms with van der Waals surface area (Å²) < 4.78 is 39.7. The van der Waals surface area contributed by atoms with Crippen molar-refractivity contribution in [2.45, 2.75) is 11.3 Å². The lowest BCUT2D eigenvalue weighted by Crippen LogP contribution is -2.37. The molecule has 0 atom stereocenters. The molecule has 7 nitrogen and oxygen atoms in total. The summed E-state index contributed by atoms with van der Waals surface area (Å²) in [6.07, 6.45) is -0.135. The summed E-state index contributed by atoms with van der Waals surface area (Å²) >= 11 is 5.78. The van der Waals surface area contributed by atoms with Crippen molar-refractivity contribution in [2.75, 3.05) is 25.5 Å². The van der Waals surface area contributed by atoms with E-state index >= 15 is 0 Å². The Hall–Kier alpha value is -2.49. The molecule has 28 heavy (non-hydrogen) atoms. The van der Waals surface area contributed by atoms with Gasteiger partial charge in [0.05, 0.1) is 11.4 Å². The second-order valence-corrected chi connectivity index (χ2v) is 8.12. The number of nitrogens with zero attached hydrogens (tertiary/aromatic N) is 1. The lowest BCUT2D eigenvalue weighted by molar-refractivity contribution is -0.133. The number of nitrogens with one attached hydrogen (secondary N) is 2. The van der Waals surface area contributed by atoms with Crippen LogP contribution in [0.25, 0.3) is 0 Å². The Bertz CT molecular complexity index is 969. The molecule has 0 saturated carbocycles. The van der Waals surface area contributed by atoms with E-state index in [2.05, 4.69) is 10.0 Å². The molecule has 2 N–H and O–H groups in total. The van der Waals surface area contributed by atoms with Gasteiger partial charge >= 0.3 is 0 Å². The smallest absolute Gasteiger partial charge is 0.243 e. The van der Waals surface area contributed by atoms with E-state index < -0.39 is 27.7 Å². The van der Waals surface area contributed by atoms with Crippen molar-refractivity contribution in [1.29, 1.82) is 0 Å². The van der Waals surface area contributed by atoms with Gasteiger partial charge in [-0.05, 0) is 36.4 Å². The number of sulfonamides is 1. The third-order valence-electron chi connectivity index (χ3n) is 3.65. The van der Waals surface area contributed by atoms with Crippen molar-refractivity contribution < 1.29 is 22.4 Å². The predicted molar refractivity (Wildman–Crippen MR) is 104 cm³/mol. The molecule has 0 saturated heterocycles. The fourth-order valence-electron chi connectivity index (χ4n) is 2.27. The van der Waals surface area contributed by atoms with E-state index in [1.165, 1.54) is 43.4 Å². The number of likely N-dealkylation sites (N-methyl/N-ethyl adjacent to an activating group) is 1. The summed E-state index contributed by atoms with van der Waals surface area (Å²) in [6.45, 7) is -0.389. The summed E-state index contributed by atoms with van der Waals surface area (Å²) in [5, 5.41) is 2.76. The van der Waals surface area contributed by atoms with Crippen LogP contribution < -0.4 is 10.0 Å². The predicted octanol–water partition coefficient (Wildman–Crippen LogP) is 2.24. The number of halogens is 2. The van der Waals surface area contributed by atoms with Crippen LogP contribution in [0.3, 0.4) is 0 Å². The van der Waals surface area contributed by atoms with E-state index in [9.17, 15) is 22.4 Å². The van der Waals surface area contributed by atoms with Gasteiger partial charge in [0.15, 0.2) is 0 Å². The van der Waals surface area contributed by atoms with Gasteiger partial charge in [-0.3, -0.25) is 9.59 Å². The first-order chi connectivity index (χ1) is 13.2. The monoisotopic (exact) mass is 427 g/mol. The van der Waals surface area contributed by atoms with Gasteiger partial charge in [0.2, 0.25) is 21.8 Å². The maximum atomic E-state index is 13.1. The zero-order valence-corrected chi connectivity index (χ0v) is 16.6. The van der Waals surface area contributed by atoms with Crippen LogP contribution in [-0.4, -0.2) is 45.3 Å². The van der Waals surface area contributed by atoms with Gasteiger partial charge in [-0.15, -0.1) is 0 Å². The third kappa shape index (κ3) is 6.59. The van der Waals surface area contributed by atoms with Crippen LogP contribution in [0.5, 0.6) is 0 Å². The van der Waals surface area contributed by atoms with Gasteiger partial charge in [0.1, 0.15) is 5.82 Å². The van der Waals surface area contributed by atoms with Crippen molar-refractivity contribution in [3.63, 3.8) is 0 Å². The van der Waals surface area contributed by atoms with Gasteiger partial charge in [0, 0.05) is 30.7 Å². The van der Waals surface area contributed by atoms with Gasteiger partial charge in [-0.1, -0.05) is 23.7 Å². The third-order valence-corrected chi connectivity index (χ3v) is 5.35. The number of rotatable bonds is 8. The van der Waals surface area contributed by atoms with Crippen molar-refractivity contribution in [2.24, 2.45) is 0 Å². The summed E-state index contributed by atoms with van der Waals surface area (Å²) in [5.41, 5.74) is 0.278. The zero-order chi connectivity index (χ0) is 20.7. The fourth-order valence-corrected chi connectivity index (χ4v) is 3.60. The Morgan fingerprint density at radius 2 is 1.86 bits per heavy atom. The van der Waals surface area contributed by atoms with Crippen molar-refractivity contribution >= 4 is 39.1 Å². The fraction of sp³-hybridized carbons (Fsp3) is 0.222. The average Bonchev–Trinajstić information content (AvgIpc) is 2.61. The van der Waals surface area contributed by atoms with Gasteiger partial charge in [-0.2, -0.15) is 0 Å². The summed E-state index contributed by atoms with van der Waals surface area (Å²) in [4.78, 5) is 25.2. The zero-order valence-electron chi connectivity index (χ0n) is 15.0. The van der Waals surface area contributed by atoms with Crippen LogP contribution in [0, 0.1) is 5.82 Å². The Morgan fingerprint density at radius 1 is 1.14 bits per heavy atom. The number of anilines is 1. The highest BCUT2D eigenvalue weighted by molar-refractivity contribution is 7.89. The second kappa shape index (κ2) is 9.63. The number of carbonyl (C=O) groups excluding carboxylic acids is 2. The molecule has 0 unspecified atom stereocenters. The van der Waals surface area contributed by atoms with Crippen molar-refractivity contribution in [3.05, 3.63) is 59.4 Å². The van der Waals surface area contributed by atoms with E-state index in [0.29, 0.717) is 0 Å². The molecular weight excluding hydrogens is 409 g/mol. The Labute approximate surface area is 167 Å². The standard InChI is InChI=1S/C18H19ClFN3O4S/c1-23(12-17(24)22-15-6-3-5-14(20)11-15)18(25)8-9-21-28(26,27)16-7-2-4-13(19)10-16/h2-7,10-11,21H,8-9,12H2,1H3,(H,22,24). The summed E-state index contributed by atoms with van der Waals surface area (Å²) in [5.74, 6) is -1.42. The summed E-state index contributed by atoms with van der Waals surface area (Å²) in [6, 6.07) is 11.1. The number of hydrogen-bond acceptors (Lipinski definition) is 4. The molecule has 0 bridgehead atoms. The maximum Gasteiger partial charge on any atom is 0.243 e.